The molecule has 22 heteroatoms. The van der Waals surface area contributed by atoms with Crippen molar-refractivity contribution < 1.29 is 61.0 Å². The van der Waals surface area contributed by atoms with Crippen molar-refractivity contribution in [3.8, 4) is 0 Å². The average molecular weight is 551 g/mol. The number of rotatable bonds is 9. The molecule has 4 unspecified atom stereocenters. The number of aliphatic hydroxyl groups excluding tert-OH is 2. The Hall–Kier alpha value is -1.56. The van der Waals surface area contributed by atoms with E-state index in [4.69, 9.17) is 15.4 Å². The van der Waals surface area contributed by atoms with Crippen LogP contribution in [-0.2, 0) is 43.1 Å². The molecular weight excluding hydrogens is 531 g/mol. The van der Waals surface area contributed by atoms with E-state index in [1.165, 1.54) is 7.05 Å². The summed E-state index contributed by atoms with van der Waals surface area (Å²) in [7, 11) is -14.1. The molecule has 0 radical (unpaired) electrons. The maximum atomic E-state index is 12.2. The van der Waals surface area contributed by atoms with Gasteiger partial charge < -0.3 is 35.4 Å². The third kappa shape index (κ3) is 5.63. The number of nitrogens with two attached hydrogens (primary N) is 1. The topological polar surface area (TPSA) is 277 Å². The van der Waals surface area contributed by atoms with Crippen LogP contribution in [-0.4, -0.2) is 76.0 Å². The molecule has 2 aromatic heterocycles. The number of hydrogen-bond donors (Lipinski definition) is 6. The molecule has 0 spiro atoms. The monoisotopic (exact) mass is 551 g/mol. The Morgan fingerprint density at radius 3 is 2.35 bits per heavy atom. The van der Waals surface area contributed by atoms with Crippen molar-refractivity contribution in [1.82, 2.24) is 19.1 Å². The number of nitrogen functional groups attached to an aromatic ring is 1. The van der Waals surface area contributed by atoms with Gasteiger partial charge in [0.2, 0.25) is 5.95 Å². The first-order chi connectivity index (χ1) is 15.6. The normalized spacial score (nSPS) is 28.4. The van der Waals surface area contributed by atoms with E-state index >= 15 is 0 Å². The van der Waals surface area contributed by atoms with Crippen LogP contribution in [0.1, 0.15) is 6.23 Å². The zero-order valence-electron chi connectivity index (χ0n) is 17.2. The first-order valence-electron chi connectivity index (χ1n) is 8.89. The second-order valence-corrected chi connectivity index (χ2v) is 11.5. The summed E-state index contributed by atoms with van der Waals surface area (Å²) < 4.78 is 58.3. The van der Waals surface area contributed by atoms with Crippen molar-refractivity contribution in [2.24, 2.45) is 7.05 Å². The molecule has 7 atom stereocenters. The van der Waals surface area contributed by atoms with Crippen LogP contribution in [0.5, 0.6) is 0 Å². The Kier molecular flexibility index (Phi) is 7.54. The van der Waals surface area contributed by atoms with Crippen LogP contribution >= 0.6 is 23.5 Å². The molecule has 0 bridgehead atoms. The number of ether oxygens (including phenoxy) is 1. The Bertz CT molecular complexity index is 1280. The number of fused-ring (bicyclic) bond motifs is 1. The highest BCUT2D eigenvalue weighted by atomic mass is 31.3. The molecule has 1 saturated heterocycles. The predicted octanol–water partition coefficient (Wildman–Crippen LogP) is -1.67. The van der Waals surface area contributed by atoms with Gasteiger partial charge in [-0.1, -0.05) is 0 Å². The van der Waals surface area contributed by atoms with Crippen LogP contribution in [0, 0.1) is 0 Å². The minimum atomic E-state index is -5.63. The molecule has 3 heterocycles. The lowest BCUT2D eigenvalue weighted by Crippen LogP contribution is -2.33. The van der Waals surface area contributed by atoms with E-state index in [9.17, 15) is 38.5 Å². The van der Waals surface area contributed by atoms with Gasteiger partial charge in [-0.2, -0.15) is 13.6 Å². The summed E-state index contributed by atoms with van der Waals surface area (Å²) in [6.07, 6.45) is -5.22. The summed E-state index contributed by atoms with van der Waals surface area (Å²) >= 11 is 0. The smallest absolute Gasteiger partial charge is 0.387 e. The molecule has 2 aromatic rings. The number of nitrogens with zero attached hydrogens (tertiary/aromatic N) is 4. The second kappa shape index (κ2) is 9.48. The molecule has 34 heavy (non-hydrogen) atoms. The van der Waals surface area contributed by atoms with Crippen molar-refractivity contribution in [3.63, 3.8) is 0 Å². The zero-order valence-corrected chi connectivity index (χ0v) is 19.9. The van der Waals surface area contributed by atoms with E-state index in [-0.39, 0.29) is 17.1 Å². The molecular formula is C12H20N5O14P3. The lowest BCUT2D eigenvalue weighted by atomic mass is 10.1. The van der Waals surface area contributed by atoms with E-state index in [0.29, 0.717) is 7.11 Å². The van der Waals surface area contributed by atoms with Gasteiger partial charge in [-0.05, 0) is 0 Å². The average Bonchev–Trinajstić information content (AvgIpc) is 3.24. The minimum absolute atomic E-state index is 0.0838. The number of phosphoric acid groups is 3. The molecule has 0 aromatic carbocycles. The third-order valence-corrected chi connectivity index (χ3v) is 8.73. The molecule has 1 aliphatic heterocycles. The summed E-state index contributed by atoms with van der Waals surface area (Å²) in [6, 6.07) is 0. The number of hydrogen-bond acceptors (Lipinski definition) is 14. The highest BCUT2D eigenvalue weighted by Crippen LogP contribution is 2.67. The number of aromatic nitrogens is 4. The fourth-order valence-electron chi connectivity index (χ4n) is 2.85. The molecule has 1 fully saturated rings. The van der Waals surface area contributed by atoms with Crippen LogP contribution in [0.4, 0.5) is 5.95 Å². The van der Waals surface area contributed by atoms with Crippen LogP contribution < -0.4 is 11.3 Å². The lowest BCUT2D eigenvalue weighted by Gasteiger charge is -2.19. The van der Waals surface area contributed by atoms with Crippen molar-refractivity contribution in [3.05, 3.63) is 16.7 Å². The summed E-state index contributed by atoms with van der Waals surface area (Å²) in [6.45, 7) is -0.979. The van der Waals surface area contributed by atoms with Crippen molar-refractivity contribution >= 4 is 40.6 Å². The van der Waals surface area contributed by atoms with Crippen LogP contribution in [0.15, 0.2) is 11.1 Å². The minimum Gasteiger partial charge on any atom is -0.387 e. The van der Waals surface area contributed by atoms with E-state index in [1.54, 1.807) is 0 Å². The van der Waals surface area contributed by atoms with Gasteiger partial charge in [0.25, 0.3) is 5.56 Å². The van der Waals surface area contributed by atoms with Crippen LogP contribution in [0.3, 0.4) is 0 Å². The van der Waals surface area contributed by atoms with Crippen LogP contribution in [0.25, 0.3) is 11.2 Å². The predicted molar refractivity (Wildman–Crippen MR) is 108 cm³/mol. The van der Waals surface area contributed by atoms with E-state index in [2.05, 4.69) is 27.6 Å². The maximum absolute atomic E-state index is 12.2. The molecule has 19 nitrogen and oxygen atoms in total. The molecule has 0 amide bonds. The second-order valence-electron chi connectivity index (χ2n) is 6.75. The quantitative estimate of drug-likeness (QED) is 0.190. The van der Waals surface area contributed by atoms with Crippen molar-refractivity contribution in [1.29, 1.82) is 0 Å². The number of phosphoric ester groups is 2. The Morgan fingerprint density at radius 1 is 1.12 bits per heavy atom. The first-order valence-corrected chi connectivity index (χ1v) is 13.4. The lowest BCUT2D eigenvalue weighted by molar-refractivity contribution is -0.0503. The molecule has 0 saturated carbocycles. The van der Waals surface area contributed by atoms with Crippen molar-refractivity contribution in [2.45, 2.75) is 24.5 Å². The summed E-state index contributed by atoms with van der Waals surface area (Å²) in [4.78, 5) is 48.1. The summed E-state index contributed by atoms with van der Waals surface area (Å²) in [5.41, 5.74) is 4.87. The zero-order chi connectivity index (χ0) is 25.6. The first kappa shape index (κ1) is 27.0. The van der Waals surface area contributed by atoms with Gasteiger partial charge in [0, 0.05) is 14.2 Å². The van der Waals surface area contributed by atoms with Gasteiger partial charge in [0.1, 0.15) is 18.3 Å². The fraction of sp³-hybridized carbons (Fsp3) is 0.583. The van der Waals surface area contributed by atoms with Gasteiger partial charge in [-0.3, -0.25) is 23.0 Å². The number of anilines is 1. The Morgan fingerprint density at radius 2 is 1.74 bits per heavy atom. The van der Waals surface area contributed by atoms with Gasteiger partial charge in [-0.25, -0.2) is 18.7 Å². The third-order valence-electron chi connectivity index (χ3n) is 4.50. The molecule has 0 aliphatic carbocycles. The number of aliphatic hydroxyl groups is 2. The SMILES string of the molecule is COP(=O)(O)OP(=O)(O)OP(=O)(O)OC[C@H]1O[C@@H](n2cnc3c(=O)n(C)c(N)nc32)[C@@H](O)C1O. The number of imidazole rings is 1. The highest BCUT2D eigenvalue weighted by molar-refractivity contribution is 7.66. The maximum Gasteiger partial charge on any atom is 0.490 e. The van der Waals surface area contributed by atoms with E-state index < -0.39 is 60.2 Å². The van der Waals surface area contributed by atoms with Crippen molar-refractivity contribution in [2.75, 3.05) is 19.5 Å². The van der Waals surface area contributed by atoms with Crippen LogP contribution in [0.2, 0.25) is 0 Å². The van der Waals surface area contributed by atoms with Gasteiger partial charge in [0.15, 0.2) is 17.4 Å². The Labute approximate surface area is 189 Å². The van der Waals surface area contributed by atoms with E-state index in [0.717, 1.165) is 15.5 Å². The molecule has 192 valence electrons. The molecule has 3 rings (SSSR count). The highest BCUT2D eigenvalue weighted by Gasteiger charge is 2.47. The molecule has 7 N–H and O–H groups in total. The fourth-order valence-corrected chi connectivity index (χ4v) is 6.11. The van der Waals surface area contributed by atoms with Gasteiger partial charge in [0.05, 0.1) is 12.9 Å². The van der Waals surface area contributed by atoms with E-state index in [1.807, 2.05) is 0 Å². The molecule has 1 aliphatic rings. The van der Waals surface area contributed by atoms with Gasteiger partial charge in [-0.15, -0.1) is 0 Å². The standard InChI is InChI=1S/C12H20N5O14P3/c1-16-10(20)6-9(15-12(16)13)17(4-14-6)11-8(19)7(18)5(29-11)3-28-33(23,24)31-34(25,26)30-32(21,22)27-2/h4-5,7-8,11,18-19H,3H2,1-2H3,(H2,13,15)(H,21,22)(H,23,24)(H,25,26)/t5-,7?,8+,11-/m1/s1. The Balaban J connectivity index is 1.73. The summed E-state index contributed by atoms with van der Waals surface area (Å²) in [5.74, 6) is -0.179. The van der Waals surface area contributed by atoms with Gasteiger partial charge >= 0.3 is 23.5 Å². The summed E-state index contributed by atoms with van der Waals surface area (Å²) in [5, 5.41) is 20.6. The largest absolute Gasteiger partial charge is 0.490 e.